The van der Waals surface area contributed by atoms with Gasteiger partial charge in [0.2, 0.25) is 0 Å². The second-order valence-corrected chi connectivity index (χ2v) is 5.17. The molecule has 0 spiro atoms. The first kappa shape index (κ1) is 13.3. The Morgan fingerprint density at radius 2 is 2.17 bits per heavy atom. The van der Waals surface area contributed by atoms with E-state index in [9.17, 15) is 9.50 Å². The molecule has 1 N–H and O–H groups in total. The van der Waals surface area contributed by atoms with Gasteiger partial charge in [-0.05, 0) is 43.5 Å². The van der Waals surface area contributed by atoms with Gasteiger partial charge >= 0.3 is 0 Å². The molecule has 1 aliphatic rings. The molecule has 0 aromatic heterocycles. The van der Waals surface area contributed by atoms with Crippen molar-refractivity contribution in [3.8, 4) is 5.75 Å². The van der Waals surface area contributed by atoms with Crippen LogP contribution < -0.4 is 0 Å². The van der Waals surface area contributed by atoms with E-state index < -0.39 is 5.82 Å². The fourth-order valence-electron chi connectivity index (χ4n) is 2.79. The number of halogens is 1. The van der Waals surface area contributed by atoms with Gasteiger partial charge in [-0.15, -0.1) is 0 Å². The van der Waals surface area contributed by atoms with Crippen LogP contribution in [0.4, 0.5) is 4.39 Å². The lowest BCUT2D eigenvalue weighted by atomic mass is 10.1. The fraction of sp³-hybridized carbons (Fsp3) is 0.600. The van der Waals surface area contributed by atoms with E-state index in [2.05, 4.69) is 11.8 Å². The number of hydrogen-bond acceptors (Lipinski definition) is 2. The molecule has 1 aliphatic heterocycles. The molecular weight excluding hydrogens is 229 g/mol. The second-order valence-electron chi connectivity index (χ2n) is 5.17. The number of benzene rings is 1. The van der Waals surface area contributed by atoms with E-state index in [1.54, 1.807) is 0 Å². The minimum Gasteiger partial charge on any atom is -0.505 e. The summed E-state index contributed by atoms with van der Waals surface area (Å²) in [6, 6.07) is 5.33. The molecule has 0 aliphatic carbocycles. The summed E-state index contributed by atoms with van der Waals surface area (Å²) in [4.78, 5) is 2.46. The highest BCUT2D eigenvalue weighted by Gasteiger charge is 2.19. The van der Waals surface area contributed by atoms with E-state index in [1.165, 1.54) is 37.8 Å². The Labute approximate surface area is 108 Å². The first-order valence-corrected chi connectivity index (χ1v) is 6.92. The van der Waals surface area contributed by atoms with Gasteiger partial charge < -0.3 is 5.11 Å². The molecule has 0 radical (unpaired) electrons. The number of hydrogen-bond donors (Lipinski definition) is 1. The lowest BCUT2D eigenvalue weighted by Crippen LogP contribution is -2.33. The quantitative estimate of drug-likeness (QED) is 0.885. The van der Waals surface area contributed by atoms with Crippen molar-refractivity contribution in [2.75, 3.05) is 6.54 Å². The van der Waals surface area contributed by atoms with Crippen molar-refractivity contribution < 1.29 is 9.50 Å². The van der Waals surface area contributed by atoms with Crippen molar-refractivity contribution in [1.29, 1.82) is 0 Å². The molecule has 18 heavy (non-hydrogen) atoms. The van der Waals surface area contributed by atoms with E-state index in [1.807, 2.05) is 6.07 Å². The maximum absolute atomic E-state index is 13.3. The third kappa shape index (κ3) is 3.22. The SMILES string of the molecule is CCC1CCCCCN1Cc1ccc(O)c(F)c1. The molecule has 1 aromatic carbocycles. The molecule has 1 fully saturated rings. The predicted molar refractivity (Wildman–Crippen MR) is 71.0 cm³/mol. The maximum Gasteiger partial charge on any atom is 0.165 e. The predicted octanol–water partition coefficient (Wildman–Crippen LogP) is 3.69. The lowest BCUT2D eigenvalue weighted by molar-refractivity contribution is 0.186. The minimum absolute atomic E-state index is 0.262. The van der Waals surface area contributed by atoms with Gasteiger partial charge in [0.25, 0.3) is 0 Å². The molecule has 0 saturated carbocycles. The molecule has 3 heteroatoms. The van der Waals surface area contributed by atoms with Crippen LogP contribution in [-0.2, 0) is 6.54 Å². The van der Waals surface area contributed by atoms with Crippen LogP contribution in [0.2, 0.25) is 0 Å². The molecule has 2 rings (SSSR count). The molecule has 1 unspecified atom stereocenters. The number of aromatic hydroxyl groups is 1. The van der Waals surface area contributed by atoms with Crippen LogP contribution in [-0.4, -0.2) is 22.6 Å². The average molecular weight is 251 g/mol. The van der Waals surface area contributed by atoms with Gasteiger partial charge in [-0.1, -0.05) is 25.8 Å². The molecule has 0 bridgehead atoms. The standard InChI is InChI=1S/C15H22FNO/c1-2-13-6-4-3-5-9-17(13)11-12-7-8-15(18)14(16)10-12/h7-8,10,13,18H,2-6,9,11H2,1H3. The lowest BCUT2D eigenvalue weighted by Gasteiger charge is -2.29. The smallest absolute Gasteiger partial charge is 0.165 e. The van der Waals surface area contributed by atoms with Crippen molar-refractivity contribution in [2.45, 2.75) is 51.6 Å². The zero-order valence-electron chi connectivity index (χ0n) is 11.0. The summed E-state index contributed by atoms with van der Waals surface area (Å²) < 4.78 is 13.3. The summed E-state index contributed by atoms with van der Waals surface area (Å²) in [6.07, 6.45) is 6.24. The van der Waals surface area contributed by atoms with Gasteiger partial charge in [0, 0.05) is 12.6 Å². The molecule has 1 aromatic rings. The van der Waals surface area contributed by atoms with E-state index in [-0.39, 0.29) is 5.75 Å². The summed E-state index contributed by atoms with van der Waals surface area (Å²) in [5.41, 5.74) is 0.950. The second kappa shape index (κ2) is 6.19. The molecular formula is C15H22FNO. The van der Waals surface area contributed by atoms with Gasteiger partial charge in [-0.25, -0.2) is 4.39 Å². The molecule has 0 amide bonds. The zero-order chi connectivity index (χ0) is 13.0. The van der Waals surface area contributed by atoms with Crippen molar-refractivity contribution in [3.05, 3.63) is 29.6 Å². The highest BCUT2D eigenvalue weighted by atomic mass is 19.1. The van der Waals surface area contributed by atoms with Crippen LogP contribution in [0, 0.1) is 5.82 Å². The summed E-state index contributed by atoms with van der Waals surface area (Å²) in [6.45, 7) is 4.11. The third-order valence-electron chi connectivity index (χ3n) is 3.87. The number of phenols is 1. The zero-order valence-corrected chi connectivity index (χ0v) is 11.0. The van der Waals surface area contributed by atoms with Crippen LogP contribution in [0.1, 0.15) is 44.6 Å². The van der Waals surface area contributed by atoms with E-state index in [0.29, 0.717) is 6.04 Å². The Morgan fingerprint density at radius 3 is 2.89 bits per heavy atom. The fourth-order valence-corrected chi connectivity index (χ4v) is 2.79. The van der Waals surface area contributed by atoms with Crippen LogP contribution in [0.5, 0.6) is 5.75 Å². The number of likely N-dealkylation sites (tertiary alicyclic amines) is 1. The molecule has 2 nitrogen and oxygen atoms in total. The summed E-state index contributed by atoms with van der Waals surface area (Å²) in [5.74, 6) is -0.781. The van der Waals surface area contributed by atoms with Crippen molar-refractivity contribution in [3.63, 3.8) is 0 Å². The first-order chi connectivity index (χ1) is 8.70. The van der Waals surface area contributed by atoms with Crippen LogP contribution >= 0.6 is 0 Å². The Kier molecular flexibility index (Phi) is 4.59. The van der Waals surface area contributed by atoms with Crippen molar-refractivity contribution in [1.82, 2.24) is 4.90 Å². The van der Waals surface area contributed by atoms with Gasteiger partial charge in [0.1, 0.15) is 0 Å². The van der Waals surface area contributed by atoms with Crippen LogP contribution in [0.15, 0.2) is 18.2 Å². The van der Waals surface area contributed by atoms with Crippen molar-refractivity contribution >= 4 is 0 Å². The Balaban J connectivity index is 2.07. The van der Waals surface area contributed by atoms with Gasteiger partial charge in [0.05, 0.1) is 0 Å². The normalized spacial score (nSPS) is 21.8. The highest BCUT2D eigenvalue weighted by Crippen LogP contribution is 2.23. The number of rotatable bonds is 3. The molecule has 1 heterocycles. The van der Waals surface area contributed by atoms with Crippen molar-refractivity contribution in [2.24, 2.45) is 0 Å². The Hall–Kier alpha value is -1.09. The van der Waals surface area contributed by atoms with Crippen LogP contribution in [0.25, 0.3) is 0 Å². The summed E-state index contributed by atoms with van der Waals surface area (Å²) in [5, 5.41) is 9.20. The minimum atomic E-state index is -0.518. The Bertz CT molecular complexity index is 394. The van der Waals surface area contributed by atoms with Gasteiger partial charge in [-0.2, -0.15) is 0 Å². The van der Waals surface area contributed by atoms with E-state index >= 15 is 0 Å². The Morgan fingerprint density at radius 1 is 1.33 bits per heavy atom. The number of phenolic OH excluding ortho intramolecular Hbond substituents is 1. The maximum atomic E-state index is 13.3. The average Bonchev–Trinajstić information content (AvgIpc) is 2.59. The van der Waals surface area contributed by atoms with Crippen LogP contribution in [0.3, 0.4) is 0 Å². The molecule has 100 valence electrons. The molecule has 1 atom stereocenters. The highest BCUT2D eigenvalue weighted by molar-refractivity contribution is 5.28. The monoisotopic (exact) mass is 251 g/mol. The molecule has 1 saturated heterocycles. The largest absolute Gasteiger partial charge is 0.505 e. The van der Waals surface area contributed by atoms with E-state index in [0.717, 1.165) is 25.1 Å². The summed E-state index contributed by atoms with van der Waals surface area (Å²) >= 11 is 0. The number of nitrogens with zero attached hydrogens (tertiary/aromatic N) is 1. The van der Waals surface area contributed by atoms with Gasteiger partial charge in [0.15, 0.2) is 11.6 Å². The van der Waals surface area contributed by atoms with E-state index in [4.69, 9.17) is 0 Å². The first-order valence-electron chi connectivity index (χ1n) is 6.92. The third-order valence-corrected chi connectivity index (χ3v) is 3.87. The summed E-state index contributed by atoms with van der Waals surface area (Å²) in [7, 11) is 0. The van der Waals surface area contributed by atoms with Gasteiger partial charge in [-0.3, -0.25) is 4.90 Å². The topological polar surface area (TPSA) is 23.5 Å².